The van der Waals surface area contributed by atoms with Crippen LogP contribution in [-0.4, -0.2) is 30.8 Å². The monoisotopic (exact) mass is 254 g/mol. The van der Waals surface area contributed by atoms with Crippen molar-refractivity contribution < 1.29 is 9.53 Å². The molecule has 0 fully saturated rings. The number of rotatable bonds is 7. The molecule has 0 bridgehead atoms. The van der Waals surface area contributed by atoms with Gasteiger partial charge < -0.3 is 15.4 Å². The summed E-state index contributed by atoms with van der Waals surface area (Å²) >= 11 is 0. The first kappa shape index (κ1) is 16.8. The Balaban J connectivity index is 3.55. The number of nitrogens with one attached hydrogen (secondary N) is 2. The molecule has 0 aromatic carbocycles. The van der Waals surface area contributed by atoms with Crippen molar-refractivity contribution in [3.63, 3.8) is 0 Å². The molecule has 1 atom stereocenters. The van der Waals surface area contributed by atoms with Crippen molar-refractivity contribution >= 4 is 6.09 Å². The molecule has 0 saturated carbocycles. The Kier molecular flexibility index (Phi) is 8.23. The van der Waals surface area contributed by atoms with Gasteiger partial charge in [0, 0.05) is 19.0 Å². The van der Waals surface area contributed by atoms with E-state index in [1.54, 1.807) is 0 Å². The van der Waals surface area contributed by atoms with Gasteiger partial charge in [-0.1, -0.05) is 0 Å². The van der Waals surface area contributed by atoms with Crippen LogP contribution in [0.5, 0.6) is 0 Å². The molecule has 1 unspecified atom stereocenters. The number of terminal acetylenes is 1. The fourth-order valence-electron chi connectivity index (χ4n) is 1.32. The van der Waals surface area contributed by atoms with Crippen LogP contribution < -0.4 is 10.6 Å². The molecule has 2 N–H and O–H groups in total. The molecule has 0 aliphatic carbocycles. The summed E-state index contributed by atoms with van der Waals surface area (Å²) in [5.41, 5.74) is -0.448. The number of unbranched alkanes of at least 4 members (excludes halogenated alkanes) is 2. The Morgan fingerprint density at radius 2 is 2.06 bits per heavy atom. The van der Waals surface area contributed by atoms with Gasteiger partial charge in [-0.3, -0.25) is 0 Å². The number of ether oxygens (including phenoxy) is 1. The highest BCUT2D eigenvalue weighted by Crippen LogP contribution is 2.06. The minimum atomic E-state index is -0.448. The van der Waals surface area contributed by atoms with Crippen LogP contribution in [0.3, 0.4) is 0 Å². The van der Waals surface area contributed by atoms with Crippen molar-refractivity contribution in [2.75, 3.05) is 13.1 Å². The first-order chi connectivity index (χ1) is 8.35. The zero-order chi connectivity index (χ0) is 14.0. The maximum atomic E-state index is 11.4. The maximum Gasteiger partial charge on any atom is 0.407 e. The van der Waals surface area contributed by atoms with Crippen molar-refractivity contribution in [3.05, 3.63) is 0 Å². The molecule has 1 amide bonds. The second-order valence-corrected chi connectivity index (χ2v) is 5.40. The van der Waals surface area contributed by atoms with E-state index in [1.807, 2.05) is 27.7 Å². The summed E-state index contributed by atoms with van der Waals surface area (Å²) in [4.78, 5) is 11.4. The molecule has 0 aliphatic heterocycles. The highest BCUT2D eigenvalue weighted by atomic mass is 16.6. The van der Waals surface area contributed by atoms with Crippen LogP contribution in [0.25, 0.3) is 0 Å². The molecule has 0 aliphatic rings. The van der Waals surface area contributed by atoms with Gasteiger partial charge in [-0.2, -0.15) is 0 Å². The van der Waals surface area contributed by atoms with Crippen LogP contribution >= 0.6 is 0 Å². The lowest BCUT2D eigenvalue weighted by atomic mass is 10.2. The predicted molar refractivity (Wildman–Crippen MR) is 74.4 cm³/mol. The molecule has 0 saturated heterocycles. The lowest BCUT2D eigenvalue weighted by Crippen LogP contribution is -2.41. The highest BCUT2D eigenvalue weighted by molar-refractivity contribution is 5.67. The number of carbonyl (C=O) groups excluding carboxylic acids is 1. The summed E-state index contributed by atoms with van der Waals surface area (Å²) in [6.07, 6.45) is 7.72. The molecule has 0 heterocycles. The summed E-state index contributed by atoms with van der Waals surface area (Å²) in [7, 11) is 0. The third-order valence-electron chi connectivity index (χ3n) is 2.19. The third kappa shape index (κ3) is 11.3. The first-order valence-electron chi connectivity index (χ1n) is 6.49. The summed E-state index contributed by atoms with van der Waals surface area (Å²) in [5.74, 6) is 2.62. The van der Waals surface area contributed by atoms with Gasteiger partial charge in [0.15, 0.2) is 0 Å². The van der Waals surface area contributed by atoms with Crippen molar-refractivity contribution in [1.29, 1.82) is 0 Å². The van der Waals surface area contributed by atoms with Gasteiger partial charge in [0.2, 0.25) is 0 Å². The van der Waals surface area contributed by atoms with E-state index in [1.165, 1.54) is 0 Å². The first-order valence-corrected chi connectivity index (χ1v) is 6.49. The van der Waals surface area contributed by atoms with Gasteiger partial charge in [-0.15, -0.1) is 12.3 Å². The van der Waals surface area contributed by atoms with Crippen LogP contribution in [0.2, 0.25) is 0 Å². The normalized spacial score (nSPS) is 12.6. The Hall–Kier alpha value is -1.21. The largest absolute Gasteiger partial charge is 0.444 e. The highest BCUT2D eigenvalue weighted by Gasteiger charge is 2.16. The molecule has 0 aromatic rings. The van der Waals surface area contributed by atoms with Gasteiger partial charge in [0.25, 0.3) is 0 Å². The van der Waals surface area contributed by atoms with E-state index < -0.39 is 5.60 Å². The molecule has 0 spiro atoms. The molecule has 0 radical (unpaired) electrons. The van der Waals surface area contributed by atoms with E-state index in [-0.39, 0.29) is 12.1 Å². The summed E-state index contributed by atoms with van der Waals surface area (Å²) in [5, 5.41) is 6.06. The maximum absolute atomic E-state index is 11.4. The van der Waals surface area contributed by atoms with E-state index in [4.69, 9.17) is 11.2 Å². The zero-order valence-corrected chi connectivity index (χ0v) is 12.0. The van der Waals surface area contributed by atoms with Crippen molar-refractivity contribution in [2.24, 2.45) is 0 Å². The van der Waals surface area contributed by atoms with Crippen LogP contribution in [-0.2, 0) is 4.74 Å². The fraction of sp³-hybridized carbons (Fsp3) is 0.786. The van der Waals surface area contributed by atoms with Gasteiger partial charge in [0.1, 0.15) is 5.60 Å². The third-order valence-corrected chi connectivity index (χ3v) is 2.19. The quantitative estimate of drug-likeness (QED) is 0.541. The fourth-order valence-corrected chi connectivity index (χ4v) is 1.32. The van der Waals surface area contributed by atoms with E-state index >= 15 is 0 Å². The van der Waals surface area contributed by atoms with Gasteiger partial charge in [-0.25, -0.2) is 4.79 Å². The number of carbonyl (C=O) groups is 1. The number of alkyl carbamates (subject to hydrolysis) is 1. The minimum absolute atomic E-state index is 0.225. The molecule has 18 heavy (non-hydrogen) atoms. The molecule has 104 valence electrons. The molecule has 0 rings (SSSR count). The predicted octanol–water partition coefficient (Wildman–Crippen LogP) is 2.29. The lowest BCUT2D eigenvalue weighted by molar-refractivity contribution is 0.0523. The molecule has 4 heteroatoms. The molecular weight excluding hydrogens is 228 g/mol. The van der Waals surface area contributed by atoms with Gasteiger partial charge in [-0.05, 0) is 47.1 Å². The van der Waals surface area contributed by atoms with Crippen molar-refractivity contribution in [1.82, 2.24) is 10.6 Å². The van der Waals surface area contributed by atoms with Crippen molar-refractivity contribution in [3.8, 4) is 12.3 Å². The Bertz CT molecular complexity index is 276. The molecule has 4 nitrogen and oxygen atoms in total. The Morgan fingerprint density at radius 1 is 1.39 bits per heavy atom. The molecular formula is C14H26N2O2. The Labute approximate surface area is 111 Å². The van der Waals surface area contributed by atoms with Gasteiger partial charge in [0.05, 0.1) is 0 Å². The van der Waals surface area contributed by atoms with Crippen LogP contribution in [0.15, 0.2) is 0 Å². The standard InChI is InChI=1S/C14H26N2O2/c1-6-7-8-9-10-15-12(2)11-16-13(17)18-14(3,4)5/h1,12,15H,7-11H2,2-5H3,(H,16,17). The number of amides is 1. The zero-order valence-electron chi connectivity index (χ0n) is 12.0. The second kappa shape index (κ2) is 8.82. The van der Waals surface area contributed by atoms with Crippen LogP contribution in [0, 0.1) is 12.3 Å². The number of hydrogen-bond acceptors (Lipinski definition) is 3. The molecule has 0 aromatic heterocycles. The van der Waals surface area contributed by atoms with Crippen LogP contribution in [0.4, 0.5) is 4.79 Å². The van der Waals surface area contributed by atoms with E-state index in [0.29, 0.717) is 6.54 Å². The average Bonchev–Trinajstić information content (AvgIpc) is 2.24. The summed E-state index contributed by atoms with van der Waals surface area (Å²) < 4.78 is 5.15. The summed E-state index contributed by atoms with van der Waals surface area (Å²) in [6.45, 7) is 9.04. The average molecular weight is 254 g/mol. The van der Waals surface area contributed by atoms with E-state index in [2.05, 4.69) is 16.6 Å². The van der Waals surface area contributed by atoms with E-state index in [0.717, 1.165) is 25.8 Å². The SMILES string of the molecule is C#CCCCCNC(C)CNC(=O)OC(C)(C)C. The summed E-state index contributed by atoms with van der Waals surface area (Å²) in [6, 6.07) is 0.225. The minimum Gasteiger partial charge on any atom is -0.444 e. The smallest absolute Gasteiger partial charge is 0.407 e. The lowest BCUT2D eigenvalue weighted by Gasteiger charge is -2.21. The topological polar surface area (TPSA) is 50.4 Å². The Morgan fingerprint density at radius 3 is 2.61 bits per heavy atom. The van der Waals surface area contributed by atoms with Crippen molar-refractivity contribution in [2.45, 2.75) is 58.6 Å². The van der Waals surface area contributed by atoms with Gasteiger partial charge >= 0.3 is 6.09 Å². The number of hydrogen-bond donors (Lipinski definition) is 2. The second-order valence-electron chi connectivity index (χ2n) is 5.40. The van der Waals surface area contributed by atoms with Crippen LogP contribution in [0.1, 0.15) is 47.0 Å². The van der Waals surface area contributed by atoms with E-state index in [9.17, 15) is 4.79 Å².